The van der Waals surface area contributed by atoms with Gasteiger partial charge in [0, 0.05) is 11.1 Å². The Morgan fingerprint density at radius 3 is 2.63 bits per heavy atom. The third-order valence-corrected chi connectivity index (χ3v) is 7.75. The van der Waals surface area contributed by atoms with Crippen molar-refractivity contribution in [3.63, 3.8) is 0 Å². The Morgan fingerprint density at radius 2 is 1.90 bits per heavy atom. The summed E-state index contributed by atoms with van der Waals surface area (Å²) in [7, 11) is 3.09. The van der Waals surface area contributed by atoms with E-state index < -0.39 is 12.0 Å². The van der Waals surface area contributed by atoms with E-state index in [0.717, 1.165) is 16.3 Å². The summed E-state index contributed by atoms with van der Waals surface area (Å²) < 4.78 is 24.3. The highest BCUT2D eigenvalue weighted by atomic mass is 32.1. The zero-order chi connectivity index (χ0) is 29.1. The summed E-state index contributed by atoms with van der Waals surface area (Å²) in [5, 5.41) is 1.89. The topological polar surface area (TPSA) is 88.3 Å². The number of nitrogens with zero attached hydrogens (tertiary/aromatic N) is 2. The van der Waals surface area contributed by atoms with E-state index >= 15 is 0 Å². The fourth-order valence-corrected chi connectivity index (χ4v) is 5.97. The lowest BCUT2D eigenvalue weighted by atomic mass is 9.94. The number of rotatable bonds is 8. The number of thiazole rings is 1. The number of terminal acetylenes is 1. The normalized spacial score (nSPS) is 14.7. The van der Waals surface area contributed by atoms with E-state index in [4.69, 9.17) is 25.4 Å². The van der Waals surface area contributed by atoms with Crippen molar-refractivity contribution in [3.8, 4) is 29.6 Å². The molecule has 0 fully saturated rings. The van der Waals surface area contributed by atoms with Crippen LogP contribution in [0, 0.1) is 12.3 Å². The van der Waals surface area contributed by atoms with Gasteiger partial charge in [-0.1, -0.05) is 47.6 Å². The molecule has 8 nitrogen and oxygen atoms in total. The van der Waals surface area contributed by atoms with Crippen LogP contribution in [0.1, 0.15) is 31.0 Å². The van der Waals surface area contributed by atoms with Crippen molar-refractivity contribution in [3.05, 3.63) is 96.7 Å². The number of benzene rings is 3. The van der Waals surface area contributed by atoms with E-state index in [1.807, 2.05) is 36.4 Å². The molecule has 9 heteroatoms. The molecular weight excluding hydrogens is 540 g/mol. The molecule has 0 spiro atoms. The lowest BCUT2D eigenvalue weighted by Crippen LogP contribution is -2.40. The first-order valence-corrected chi connectivity index (χ1v) is 13.7. The lowest BCUT2D eigenvalue weighted by molar-refractivity contribution is -0.139. The van der Waals surface area contributed by atoms with Crippen molar-refractivity contribution in [1.82, 2.24) is 4.57 Å². The minimum absolute atomic E-state index is 0.0815. The molecule has 0 saturated carbocycles. The minimum atomic E-state index is -0.859. The Kier molecular flexibility index (Phi) is 7.95. The molecule has 3 aromatic carbocycles. The van der Waals surface area contributed by atoms with Gasteiger partial charge in [-0.05, 0) is 55.0 Å². The predicted molar refractivity (Wildman–Crippen MR) is 158 cm³/mol. The van der Waals surface area contributed by atoms with Gasteiger partial charge < -0.3 is 18.9 Å². The number of aromatic nitrogens is 1. The summed E-state index contributed by atoms with van der Waals surface area (Å²) in [5.74, 6) is 3.53. The van der Waals surface area contributed by atoms with Crippen molar-refractivity contribution in [2.45, 2.75) is 19.9 Å². The summed E-state index contributed by atoms with van der Waals surface area (Å²) in [6, 6.07) is 16.0. The Balaban J connectivity index is 1.81. The number of hydrogen-bond acceptors (Lipinski definition) is 8. The van der Waals surface area contributed by atoms with Crippen molar-refractivity contribution in [2.75, 3.05) is 27.4 Å². The standard InChI is InChI=1S/C32H28N2O6S/c1-6-16-40-26-14-12-20-10-8-9-11-22(20)23(26)18-27-30(35)34-29(24-17-21(37-4)13-15-25(24)38-5)28(31(36)39-7-2)19(3)33-32(34)41-27/h1,8-15,17-18,29H,7,16H2,2-5H3/b27-18+. The summed E-state index contributed by atoms with van der Waals surface area (Å²) in [5.41, 5.74) is 1.67. The van der Waals surface area contributed by atoms with E-state index in [9.17, 15) is 9.59 Å². The van der Waals surface area contributed by atoms with Crippen LogP contribution in [-0.4, -0.2) is 38.0 Å². The van der Waals surface area contributed by atoms with Gasteiger partial charge in [-0.15, -0.1) is 6.42 Å². The van der Waals surface area contributed by atoms with Crippen LogP contribution in [0.4, 0.5) is 0 Å². The van der Waals surface area contributed by atoms with Gasteiger partial charge in [-0.3, -0.25) is 9.36 Å². The Hall–Kier alpha value is -4.81. The average molecular weight is 569 g/mol. The summed E-state index contributed by atoms with van der Waals surface area (Å²) in [6.07, 6.45) is 7.25. The first kappa shape index (κ1) is 27.7. The number of carbonyl (C=O) groups is 1. The molecule has 5 rings (SSSR count). The first-order valence-electron chi connectivity index (χ1n) is 12.9. The molecule has 1 atom stereocenters. The number of fused-ring (bicyclic) bond motifs is 2. The van der Waals surface area contributed by atoms with Crippen LogP contribution in [0.15, 0.2) is 75.7 Å². The molecule has 1 aliphatic heterocycles. The zero-order valence-corrected chi connectivity index (χ0v) is 23.9. The molecule has 1 unspecified atom stereocenters. The smallest absolute Gasteiger partial charge is 0.338 e. The molecule has 0 bridgehead atoms. The van der Waals surface area contributed by atoms with Crippen LogP contribution in [0.25, 0.3) is 16.8 Å². The van der Waals surface area contributed by atoms with Crippen LogP contribution in [-0.2, 0) is 9.53 Å². The highest BCUT2D eigenvalue weighted by Gasteiger charge is 2.35. The first-order chi connectivity index (χ1) is 19.9. The summed E-state index contributed by atoms with van der Waals surface area (Å²) in [6.45, 7) is 3.72. The minimum Gasteiger partial charge on any atom is -0.497 e. The fraction of sp³-hybridized carbons (Fsp3) is 0.219. The second-order valence-electron chi connectivity index (χ2n) is 9.10. The number of allylic oxidation sites excluding steroid dienone is 1. The van der Waals surface area contributed by atoms with Gasteiger partial charge in [0.15, 0.2) is 4.80 Å². The second kappa shape index (κ2) is 11.7. The average Bonchev–Trinajstić information content (AvgIpc) is 3.29. The van der Waals surface area contributed by atoms with E-state index in [1.54, 1.807) is 45.2 Å². The van der Waals surface area contributed by atoms with Crippen molar-refractivity contribution in [1.29, 1.82) is 0 Å². The molecule has 0 amide bonds. The summed E-state index contributed by atoms with van der Waals surface area (Å²) in [4.78, 5) is 32.6. The molecule has 1 aromatic heterocycles. The third kappa shape index (κ3) is 5.10. The van der Waals surface area contributed by atoms with Crippen molar-refractivity contribution >= 4 is 34.2 Å². The Bertz CT molecular complexity index is 1910. The van der Waals surface area contributed by atoms with Crippen LogP contribution in [0.3, 0.4) is 0 Å². The van der Waals surface area contributed by atoms with Crippen LogP contribution in [0.2, 0.25) is 0 Å². The quantitative estimate of drug-likeness (QED) is 0.236. The zero-order valence-electron chi connectivity index (χ0n) is 23.1. The van der Waals surface area contributed by atoms with Crippen molar-refractivity contribution < 1.29 is 23.7 Å². The largest absolute Gasteiger partial charge is 0.497 e. The summed E-state index contributed by atoms with van der Waals surface area (Å²) >= 11 is 1.22. The highest BCUT2D eigenvalue weighted by Crippen LogP contribution is 2.38. The molecule has 1 aliphatic rings. The van der Waals surface area contributed by atoms with E-state index in [0.29, 0.717) is 37.8 Å². The maximum Gasteiger partial charge on any atom is 0.338 e. The molecule has 208 valence electrons. The number of ether oxygens (including phenoxy) is 4. The van der Waals surface area contributed by atoms with Gasteiger partial charge in [0.1, 0.15) is 29.9 Å². The van der Waals surface area contributed by atoms with Crippen LogP contribution >= 0.6 is 11.3 Å². The van der Waals surface area contributed by atoms with Gasteiger partial charge in [0.2, 0.25) is 0 Å². The number of hydrogen-bond donors (Lipinski definition) is 0. The number of carbonyl (C=O) groups excluding carboxylic acids is 1. The van der Waals surface area contributed by atoms with Crippen LogP contribution in [0.5, 0.6) is 17.2 Å². The molecule has 41 heavy (non-hydrogen) atoms. The monoisotopic (exact) mass is 568 g/mol. The molecule has 0 saturated heterocycles. The van der Waals surface area contributed by atoms with Gasteiger partial charge in [0.25, 0.3) is 5.56 Å². The molecule has 4 aromatic rings. The number of esters is 1. The third-order valence-electron chi connectivity index (χ3n) is 6.77. The van der Waals surface area contributed by atoms with E-state index in [1.165, 1.54) is 23.0 Å². The van der Waals surface area contributed by atoms with Gasteiger partial charge in [-0.25, -0.2) is 9.79 Å². The Labute approximate surface area is 240 Å². The molecule has 0 N–H and O–H groups in total. The number of methoxy groups -OCH3 is 2. The molecule has 0 radical (unpaired) electrons. The maximum atomic E-state index is 14.2. The van der Waals surface area contributed by atoms with Gasteiger partial charge >= 0.3 is 5.97 Å². The Morgan fingerprint density at radius 1 is 1.12 bits per heavy atom. The van der Waals surface area contributed by atoms with E-state index in [2.05, 4.69) is 10.9 Å². The highest BCUT2D eigenvalue weighted by molar-refractivity contribution is 7.07. The molecular formula is C32H28N2O6S. The van der Waals surface area contributed by atoms with Crippen LogP contribution < -0.4 is 29.1 Å². The molecule has 0 aliphatic carbocycles. The predicted octanol–water partition coefficient (Wildman–Crippen LogP) is 3.98. The fourth-order valence-electron chi connectivity index (χ4n) is 4.94. The second-order valence-corrected chi connectivity index (χ2v) is 10.1. The lowest BCUT2D eigenvalue weighted by Gasteiger charge is -2.26. The van der Waals surface area contributed by atoms with Crippen molar-refractivity contribution in [2.24, 2.45) is 4.99 Å². The molecule has 2 heterocycles. The SMILES string of the molecule is C#CCOc1ccc2ccccc2c1/C=c1/sc2n(c1=O)C(c1cc(OC)ccc1OC)C(C(=O)OCC)=C(C)N=2. The maximum absolute atomic E-state index is 14.2. The van der Waals surface area contributed by atoms with E-state index in [-0.39, 0.29) is 24.3 Å². The van der Waals surface area contributed by atoms with Gasteiger partial charge in [0.05, 0.1) is 36.6 Å². The van der Waals surface area contributed by atoms with Gasteiger partial charge in [-0.2, -0.15) is 0 Å².